The zero-order valence-corrected chi connectivity index (χ0v) is 16.9. The maximum atomic E-state index is 12.5. The zero-order chi connectivity index (χ0) is 22.9. The summed E-state index contributed by atoms with van der Waals surface area (Å²) in [7, 11) is 0. The van der Waals surface area contributed by atoms with Crippen molar-refractivity contribution in [2.45, 2.75) is 25.1 Å². The van der Waals surface area contributed by atoms with Crippen molar-refractivity contribution in [3.05, 3.63) is 47.8 Å². The Bertz CT molecular complexity index is 1090. The average molecular weight is 450 g/mol. The predicted molar refractivity (Wildman–Crippen MR) is 108 cm³/mol. The van der Waals surface area contributed by atoms with E-state index in [1.165, 1.54) is 0 Å². The summed E-state index contributed by atoms with van der Waals surface area (Å²) in [5.41, 5.74) is 2.95. The van der Waals surface area contributed by atoms with Crippen LogP contribution in [0.4, 0.5) is 13.2 Å². The van der Waals surface area contributed by atoms with Crippen LogP contribution in [0.5, 0.6) is 5.88 Å². The molecule has 1 atom stereocenters. The number of fused-ring (bicyclic) bond motifs is 4. The molecule has 2 aromatic heterocycles. The van der Waals surface area contributed by atoms with Crippen molar-refractivity contribution in [2.75, 3.05) is 19.6 Å². The number of nitrogens with one attached hydrogen (secondary N) is 1. The van der Waals surface area contributed by atoms with Gasteiger partial charge >= 0.3 is 12.1 Å². The fraction of sp³-hybridized carbons (Fsp3) is 0.381. The lowest BCUT2D eigenvalue weighted by Crippen LogP contribution is -2.61. The van der Waals surface area contributed by atoms with Crippen molar-refractivity contribution >= 4 is 16.9 Å². The quantitative estimate of drug-likeness (QED) is 0.465. The summed E-state index contributed by atoms with van der Waals surface area (Å²) in [4.78, 5) is 12.1. The number of rotatable bonds is 3. The second-order valence-corrected chi connectivity index (χ2v) is 8.02. The Balaban J connectivity index is 0.000000307. The number of nitrogens with zero attached hydrogens (tertiary/aromatic N) is 3. The van der Waals surface area contributed by atoms with E-state index in [9.17, 15) is 18.4 Å². The van der Waals surface area contributed by atoms with Crippen LogP contribution in [0.25, 0.3) is 22.2 Å². The highest BCUT2D eigenvalue weighted by atomic mass is 19.4. The van der Waals surface area contributed by atoms with Gasteiger partial charge in [-0.2, -0.15) is 13.2 Å². The molecule has 0 saturated carbocycles. The first kappa shape index (κ1) is 22.0. The van der Waals surface area contributed by atoms with Gasteiger partial charge in [0.1, 0.15) is 6.54 Å². The number of piperidine rings is 3. The number of hydrogen-bond acceptors (Lipinski definition) is 5. The van der Waals surface area contributed by atoms with Gasteiger partial charge in [-0.25, -0.2) is 4.79 Å². The minimum atomic E-state index is -5.08. The molecule has 0 radical (unpaired) electrons. The molecule has 0 aliphatic carbocycles. The molecule has 3 fully saturated rings. The van der Waals surface area contributed by atoms with Crippen LogP contribution in [0, 0.1) is 11.1 Å². The first-order chi connectivity index (χ1) is 15.1. The van der Waals surface area contributed by atoms with Crippen molar-refractivity contribution in [1.82, 2.24) is 15.2 Å². The molecule has 11 heteroatoms. The molecule has 170 valence electrons. The molecule has 0 unspecified atom stereocenters. The number of carbonyl (C=O) groups is 1. The number of halogens is 3. The highest BCUT2D eigenvalue weighted by Crippen LogP contribution is 2.35. The van der Waals surface area contributed by atoms with E-state index < -0.39 is 12.1 Å². The third-order valence-electron chi connectivity index (χ3n) is 5.86. The van der Waals surface area contributed by atoms with Crippen LogP contribution < -0.4 is 4.74 Å². The van der Waals surface area contributed by atoms with Gasteiger partial charge in [0.15, 0.2) is 6.10 Å². The standard InChI is InChI=1S/C19H20N4O2.C2HF3O2/c24-23-9-6-13(7-10-23)18(12-23)25-19-4-3-17(21-22-19)14-1-2-16-15(11-14)5-8-20-16;3-2(4,5)1(6)7/h1-5,8,11,13,18,20H,6-7,9-10,12H2;(H,6,7)/t13?,18-,23?;/m0./s1. The molecule has 3 aliphatic heterocycles. The van der Waals surface area contributed by atoms with Crippen molar-refractivity contribution in [3.8, 4) is 17.1 Å². The van der Waals surface area contributed by atoms with Gasteiger partial charge in [0.25, 0.3) is 0 Å². The fourth-order valence-electron chi connectivity index (χ4n) is 4.13. The predicted octanol–water partition coefficient (Wildman–Crippen LogP) is 3.74. The number of aliphatic carboxylic acids is 1. The molecule has 6 rings (SSSR count). The van der Waals surface area contributed by atoms with Gasteiger partial charge < -0.3 is 24.7 Å². The molecule has 5 heterocycles. The minimum absolute atomic E-state index is 0.0312. The van der Waals surface area contributed by atoms with Crippen LogP contribution in [-0.2, 0) is 4.79 Å². The lowest BCUT2D eigenvalue weighted by molar-refractivity contribution is -0.900. The topological polar surface area (TPSA) is 111 Å². The van der Waals surface area contributed by atoms with E-state index in [4.69, 9.17) is 14.6 Å². The van der Waals surface area contributed by atoms with Crippen LogP contribution in [0.3, 0.4) is 0 Å². The molecule has 32 heavy (non-hydrogen) atoms. The van der Waals surface area contributed by atoms with E-state index in [0.717, 1.165) is 48.1 Å². The lowest BCUT2D eigenvalue weighted by Gasteiger charge is -2.54. The second kappa shape index (κ2) is 8.40. The van der Waals surface area contributed by atoms with Gasteiger partial charge in [-0.1, -0.05) is 6.07 Å². The van der Waals surface area contributed by atoms with Gasteiger partial charge in [-0.05, 0) is 24.3 Å². The van der Waals surface area contributed by atoms with Gasteiger partial charge in [0.2, 0.25) is 5.88 Å². The Kier molecular flexibility index (Phi) is 5.78. The van der Waals surface area contributed by atoms with Crippen LogP contribution in [-0.4, -0.2) is 62.8 Å². The third-order valence-corrected chi connectivity index (χ3v) is 5.86. The monoisotopic (exact) mass is 450 g/mol. The summed E-state index contributed by atoms with van der Waals surface area (Å²) in [6, 6.07) is 12.0. The summed E-state index contributed by atoms with van der Waals surface area (Å²) >= 11 is 0. The van der Waals surface area contributed by atoms with Crippen molar-refractivity contribution in [2.24, 2.45) is 5.92 Å². The molecule has 3 saturated heterocycles. The first-order valence-electron chi connectivity index (χ1n) is 10.1. The number of aromatic nitrogens is 3. The number of quaternary nitrogens is 1. The van der Waals surface area contributed by atoms with Gasteiger partial charge in [0.05, 0.1) is 18.8 Å². The summed E-state index contributed by atoms with van der Waals surface area (Å²) in [5.74, 6) is -1.77. The lowest BCUT2D eigenvalue weighted by atomic mass is 9.85. The molecule has 3 aliphatic rings. The van der Waals surface area contributed by atoms with Crippen LogP contribution in [0.15, 0.2) is 42.6 Å². The Morgan fingerprint density at radius 3 is 2.47 bits per heavy atom. The van der Waals surface area contributed by atoms with E-state index in [2.05, 4.69) is 21.2 Å². The van der Waals surface area contributed by atoms with Crippen molar-refractivity contribution in [1.29, 1.82) is 0 Å². The molecule has 8 nitrogen and oxygen atoms in total. The third kappa shape index (κ3) is 4.83. The number of hydroxylamine groups is 3. The van der Waals surface area contributed by atoms with Crippen LogP contribution in [0.1, 0.15) is 12.8 Å². The maximum absolute atomic E-state index is 12.5. The Morgan fingerprint density at radius 2 is 1.88 bits per heavy atom. The number of aromatic amines is 1. The highest BCUT2D eigenvalue weighted by molar-refractivity contribution is 5.84. The highest BCUT2D eigenvalue weighted by Gasteiger charge is 2.42. The first-order valence-corrected chi connectivity index (χ1v) is 10.1. The van der Waals surface area contributed by atoms with Crippen LogP contribution >= 0.6 is 0 Å². The number of H-pyrrole nitrogens is 1. The summed E-state index contributed by atoms with van der Waals surface area (Å²) in [5, 5.41) is 29.3. The maximum Gasteiger partial charge on any atom is 0.490 e. The molecular weight excluding hydrogens is 429 g/mol. The van der Waals surface area contributed by atoms with E-state index in [1.54, 1.807) is 0 Å². The molecule has 0 spiro atoms. The van der Waals surface area contributed by atoms with Crippen LogP contribution in [0.2, 0.25) is 0 Å². The molecule has 3 aromatic rings. The van der Waals surface area contributed by atoms with E-state index in [1.807, 2.05) is 36.5 Å². The zero-order valence-electron chi connectivity index (χ0n) is 16.9. The molecule has 2 N–H and O–H groups in total. The smallest absolute Gasteiger partial charge is 0.490 e. The van der Waals surface area contributed by atoms with Gasteiger partial charge in [-0.15, -0.1) is 10.2 Å². The second-order valence-electron chi connectivity index (χ2n) is 8.02. The average Bonchev–Trinajstić information content (AvgIpc) is 3.22. The van der Waals surface area contributed by atoms with Crippen molar-refractivity contribution < 1.29 is 32.5 Å². The van der Waals surface area contributed by atoms with Crippen molar-refractivity contribution in [3.63, 3.8) is 0 Å². The summed E-state index contributed by atoms with van der Waals surface area (Å²) in [6.07, 6.45) is -1.28. The van der Waals surface area contributed by atoms with Gasteiger partial charge in [-0.3, -0.25) is 0 Å². The molecular formula is C21H21F3N4O4. The van der Waals surface area contributed by atoms with E-state index in [-0.39, 0.29) is 10.8 Å². The van der Waals surface area contributed by atoms with Gasteiger partial charge in [0, 0.05) is 47.5 Å². The number of benzene rings is 1. The Labute approximate surface area is 180 Å². The number of carboxylic acids is 1. The number of carboxylic acid groups (broad SMARTS) is 1. The van der Waals surface area contributed by atoms with E-state index >= 15 is 0 Å². The number of hydrogen-bond donors (Lipinski definition) is 2. The molecule has 2 bridgehead atoms. The minimum Gasteiger partial charge on any atom is -0.633 e. The number of alkyl halides is 3. The largest absolute Gasteiger partial charge is 0.633 e. The Hall–Kier alpha value is -3.18. The Morgan fingerprint density at radius 1 is 1.16 bits per heavy atom. The SMILES string of the molecule is O=C(O)C(F)(F)F.[O-][N+]12CCC(CC1)[C@@H](Oc1ccc(-c3ccc4[nH]ccc4c3)nn1)C2. The van der Waals surface area contributed by atoms with E-state index in [0.29, 0.717) is 18.3 Å². The molecule has 1 aromatic carbocycles. The normalized spacial score (nSPS) is 24.6. The summed E-state index contributed by atoms with van der Waals surface area (Å²) in [6.45, 7) is 2.01. The fourth-order valence-corrected chi connectivity index (χ4v) is 4.13. The summed E-state index contributed by atoms with van der Waals surface area (Å²) < 4.78 is 37.6. The number of ether oxygens (including phenoxy) is 1. The molecule has 0 amide bonds.